The number of ether oxygens (including phenoxy) is 3. The lowest BCUT2D eigenvalue weighted by molar-refractivity contribution is -0.151. The molecule has 0 unspecified atom stereocenters. The Morgan fingerprint density at radius 1 is 1.08 bits per heavy atom. The summed E-state index contributed by atoms with van der Waals surface area (Å²) in [5, 5.41) is 3.05. The van der Waals surface area contributed by atoms with Gasteiger partial charge < -0.3 is 24.4 Å². The van der Waals surface area contributed by atoms with E-state index in [4.69, 9.17) is 25.8 Å². The summed E-state index contributed by atoms with van der Waals surface area (Å²) in [6.45, 7) is -0.305. The maximum absolute atomic E-state index is 12.6. The lowest BCUT2D eigenvalue weighted by Gasteiger charge is -2.17. The van der Waals surface area contributed by atoms with Crippen LogP contribution < -0.4 is 19.7 Å². The molecule has 0 aliphatic carbocycles. The number of benzene rings is 3. The molecule has 1 N–H and O–H groups in total. The van der Waals surface area contributed by atoms with Crippen molar-refractivity contribution in [3.05, 3.63) is 76.2 Å². The molecule has 1 aliphatic rings. The van der Waals surface area contributed by atoms with Crippen LogP contribution in [0.5, 0.6) is 17.2 Å². The summed E-state index contributed by atoms with van der Waals surface area (Å²) in [6, 6.07) is 19.2. The van der Waals surface area contributed by atoms with E-state index < -0.39 is 24.4 Å². The standard InChI is InChI=1S/C26H22BrClN2O6/c1-34-22-4-2-3-5-23(22)36-19-9-7-18(8-10-19)30-14-16(12-25(30)32)26(33)35-15-24(31)29-17-6-11-20(27)21(28)13-17/h2-11,13,16H,12,14-15H2,1H3,(H,29,31)/t16-/m1/s1. The summed E-state index contributed by atoms with van der Waals surface area (Å²) < 4.78 is 17.0. The summed E-state index contributed by atoms with van der Waals surface area (Å²) in [5.74, 6) is -0.239. The van der Waals surface area contributed by atoms with Gasteiger partial charge in [-0.25, -0.2) is 0 Å². The highest BCUT2D eigenvalue weighted by Gasteiger charge is 2.36. The van der Waals surface area contributed by atoms with E-state index in [1.807, 2.05) is 12.1 Å². The van der Waals surface area contributed by atoms with Crippen molar-refractivity contribution in [2.45, 2.75) is 6.42 Å². The van der Waals surface area contributed by atoms with Gasteiger partial charge in [0, 0.05) is 28.8 Å². The Morgan fingerprint density at radius 2 is 1.81 bits per heavy atom. The van der Waals surface area contributed by atoms with Crippen molar-refractivity contribution in [2.75, 3.05) is 30.5 Å². The molecule has 2 amide bonds. The quantitative estimate of drug-likeness (QED) is 0.361. The van der Waals surface area contributed by atoms with Crippen molar-refractivity contribution >= 4 is 56.7 Å². The summed E-state index contributed by atoms with van der Waals surface area (Å²) in [5.41, 5.74) is 1.11. The molecule has 10 heteroatoms. The fraction of sp³-hybridized carbons (Fsp3) is 0.192. The Balaban J connectivity index is 1.30. The maximum atomic E-state index is 12.6. The molecule has 8 nitrogen and oxygen atoms in total. The Kier molecular flexibility index (Phi) is 8.12. The summed E-state index contributed by atoms with van der Waals surface area (Å²) in [6.07, 6.45) is 0.00222. The van der Waals surface area contributed by atoms with E-state index in [9.17, 15) is 14.4 Å². The third-order valence-electron chi connectivity index (χ3n) is 5.45. The number of anilines is 2. The smallest absolute Gasteiger partial charge is 0.311 e. The molecular weight excluding hydrogens is 552 g/mol. The number of rotatable bonds is 8. The van der Waals surface area contributed by atoms with Crippen molar-refractivity contribution < 1.29 is 28.6 Å². The lowest BCUT2D eigenvalue weighted by atomic mass is 10.1. The molecule has 1 atom stereocenters. The molecular formula is C26H22BrClN2O6. The van der Waals surface area contributed by atoms with Gasteiger partial charge in [0.1, 0.15) is 5.75 Å². The molecule has 0 spiro atoms. The van der Waals surface area contributed by atoms with Gasteiger partial charge in [0.25, 0.3) is 5.91 Å². The molecule has 3 aromatic carbocycles. The molecule has 1 saturated heterocycles. The third-order valence-corrected chi connectivity index (χ3v) is 6.69. The summed E-state index contributed by atoms with van der Waals surface area (Å²) >= 11 is 9.29. The van der Waals surface area contributed by atoms with Crippen LogP contribution in [0.1, 0.15) is 6.42 Å². The zero-order chi connectivity index (χ0) is 25.7. The number of amides is 2. The third kappa shape index (κ3) is 6.16. The van der Waals surface area contributed by atoms with E-state index in [0.29, 0.717) is 38.1 Å². The van der Waals surface area contributed by atoms with Crippen molar-refractivity contribution in [2.24, 2.45) is 5.92 Å². The number of esters is 1. The van der Waals surface area contributed by atoms with E-state index in [1.54, 1.807) is 61.7 Å². The highest BCUT2D eigenvalue weighted by Crippen LogP contribution is 2.33. The number of para-hydroxylation sites is 2. The van der Waals surface area contributed by atoms with Crippen LogP contribution >= 0.6 is 27.5 Å². The van der Waals surface area contributed by atoms with Crippen LogP contribution in [-0.2, 0) is 19.1 Å². The normalized spacial score (nSPS) is 14.9. The number of methoxy groups -OCH3 is 1. The molecule has 0 saturated carbocycles. The average Bonchev–Trinajstić information content (AvgIpc) is 3.27. The molecule has 0 radical (unpaired) electrons. The van der Waals surface area contributed by atoms with Gasteiger partial charge in [-0.1, -0.05) is 23.7 Å². The molecule has 0 bridgehead atoms. The first-order valence-corrected chi connectivity index (χ1v) is 12.1. The van der Waals surface area contributed by atoms with Gasteiger partial charge in [-0.2, -0.15) is 0 Å². The van der Waals surface area contributed by atoms with Crippen LogP contribution in [0.25, 0.3) is 0 Å². The minimum atomic E-state index is -0.670. The summed E-state index contributed by atoms with van der Waals surface area (Å²) in [4.78, 5) is 38.7. The number of halogens is 2. The molecule has 186 valence electrons. The van der Waals surface area contributed by atoms with Crippen LogP contribution in [0.2, 0.25) is 5.02 Å². The topological polar surface area (TPSA) is 94.2 Å². The van der Waals surface area contributed by atoms with Gasteiger partial charge in [-0.05, 0) is 70.5 Å². The van der Waals surface area contributed by atoms with Gasteiger partial charge >= 0.3 is 5.97 Å². The zero-order valence-electron chi connectivity index (χ0n) is 19.2. The lowest BCUT2D eigenvalue weighted by Crippen LogP contribution is -2.28. The maximum Gasteiger partial charge on any atom is 0.311 e. The molecule has 36 heavy (non-hydrogen) atoms. The first-order chi connectivity index (χ1) is 17.3. The van der Waals surface area contributed by atoms with Crippen molar-refractivity contribution in [3.8, 4) is 17.2 Å². The number of hydrogen-bond acceptors (Lipinski definition) is 6. The number of carbonyl (C=O) groups is 3. The van der Waals surface area contributed by atoms with E-state index in [0.717, 1.165) is 0 Å². The molecule has 0 aromatic heterocycles. The Hall–Kier alpha value is -3.56. The number of nitrogens with one attached hydrogen (secondary N) is 1. The predicted molar refractivity (Wildman–Crippen MR) is 139 cm³/mol. The minimum absolute atomic E-state index is 0.00222. The van der Waals surface area contributed by atoms with Gasteiger partial charge in [-0.3, -0.25) is 14.4 Å². The van der Waals surface area contributed by atoms with Gasteiger partial charge in [0.15, 0.2) is 18.1 Å². The second-order valence-corrected chi connectivity index (χ2v) is 9.20. The molecule has 3 aromatic rings. The average molecular weight is 574 g/mol. The van der Waals surface area contributed by atoms with Gasteiger partial charge in [-0.15, -0.1) is 0 Å². The van der Waals surface area contributed by atoms with Crippen molar-refractivity contribution in [1.82, 2.24) is 0 Å². The van der Waals surface area contributed by atoms with E-state index >= 15 is 0 Å². The van der Waals surface area contributed by atoms with E-state index in [-0.39, 0.29) is 18.9 Å². The van der Waals surface area contributed by atoms with Crippen LogP contribution in [0, 0.1) is 5.92 Å². The predicted octanol–water partition coefficient (Wildman–Crippen LogP) is 5.44. The van der Waals surface area contributed by atoms with E-state index in [2.05, 4.69) is 21.2 Å². The molecule has 1 aliphatic heterocycles. The first kappa shape index (κ1) is 25.5. The second-order valence-electron chi connectivity index (χ2n) is 7.94. The minimum Gasteiger partial charge on any atom is -0.493 e. The van der Waals surface area contributed by atoms with Crippen molar-refractivity contribution in [3.63, 3.8) is 0 Å². The summed E-state index contributed by atoms with van der Waals surface area (Å²) in [7, 11) is 1.57. The first-order valence-electron chi connectivity index (χ1n) is 11.0. The van der Waals surface area contributed by atoms with E-state index in [1.165, 1.54) is 4.90 Å². The number of hydrogen-bond donors (Lipinski definition) is 1. The van der Waals surface area contributed by atoms with Crippen molar-refractivity contribution in [1.29, 1.82) is 0 Å². The van der Waals surface area contributed by atoms with Crippen LogP contribution in [0.4, 0.5) is 11.4 Å². The highest BCUT2D eigenvalue weighted by atomic mass is 79.9. The number of carbonyl (C=O) groups excluding carboxylic acids is 3. The zero-order valence-corrected chi connectivity index (χ0v) is 21.5. The molecule has 1 fully saturated rings. The highest BCUT2D eigenvalue weighted by molar-refractivity contribution is 9.10. The van der Waals surface area contributed by atoms with Crippen LogP contribution in [-0.4, -0.2) is 38.0 Å². The van der Waals surface area contributed by atoms with Crippen LogP contribution in [0.15, 0.2) is 71.2 Å². The number of nitrogens with zero attached hydrogens (tertiary/aromatic N) is 1. The largest absolute Gasteiger partial charge is 0.493 e. The Morgan fingerprint density at radius 3 is 2.50 bits per heavy atom. The van der Waals surface area contributed by atoms with Crippen LogP contribution in [0.3, 0.4) is 0 Å². The fourth-order valence-electron chi connectivity index (χ4n) is 3.66. The van der Waals surface area contributed by atoms with Gasteiger partial charge in [0.05, 0.1) is 18.1 Å². The fourth-order valence-corrected chi connectivity index (χ4v) is 4.09. The SMILES string of the molecule is COc1ccccc1Oc1ccc(N2C[C@H](C(=O)OCC(=O)Nc3ccc(Br)c(Cl)c3)CC2=O)cc1. The molecule has 4 rings (SSSR count). The second kappa shape index (κ2) is 11.5. The van der Waals surface area contributed by atoms with Gasteiger partial charge in [0.2, 0.25) is 5.91 Å². The Bertz CT molecular complexity index is 1280. The monoisotopic (exact) mass is 572 g/mol. The molecule has 1 heterocycles. The Labute approximate surface area is 221 Å².